The number of fused-ring (bicyclic) bond motifs is 11. The van der Waals surface area contributed by atoms with Crippen molar-refractivity contribution in [3.8, 4) is 5.69 Å². The lowest BCUT2D eigenvalue weighted by molar-refractivity contribution is 0.549. The molecule has 0 radical (unpaired) electrons. The smallest absolute Gasteiger partial charge is 0.135 e. The SMILES string of the molecule is C1=CC(N(c2ccc(-n3c4ccccc4c4c5ccccc5ccc43)cc2)C2C=Cc3oc4ccccc4c3C2)C2C(=C1)N(c1ccccc1)c1ccccc12. The minimum Gasteiger partial charge on any atom is -0.456 e. The van der Waals surface area contributed by atoms with Crippen molar-refractivity contribution in [2.24, 2.45) is 0 Å². The van der Waals surface area contributed by atoms with Gasteiger partial charge in [0.1, 0.15) is 11.3 Å². The number of hydrogen-bond donors (Lipinski definition) is 0. The molecule has 56 heavy (non-hydrogen) atoms. The summed E-state index contributed by atoms with van der Waals surface area (Å²) in [6, 6.07) is 59.8. The lowest BCUT2D eigenvalue weighted by Crippen LogP contribution is -2.47. The van der Waals surface area contributed by atoms with Crippen LogP contribution in [0, 0.1) is 0 Å². The molecule has 0 amide bonds. The van der Waals surface area contributed by atoms with E-state index in [1.54, 1.807) is 0 Å². The molecule has 2 aromatic heterocycles. The summed E-state index contributed by atoms with van der Waals surface area (Å²) in [5, 5.41) is 6.32. The number of furan rings is 1. The third-order valence-corrected chi connectivity index (χ3v) is 12.3. The van der Waals surface area contributed by atoms with Gasteiger partial charge in [0.25, 0.3) is 0 Å². The molecular formula is C52H37N3O. The van der Waals surface area contributed by atoms with Crippen molar-refractivity contribution in [1.29, 1.82) is 0 Å². The second kappa shape index (κ2) is 12.2. The van der Waals surface area contributed by atoms with E-state index in [0.717, 1.165) is 23.5 Å². The lowest BCUT2D eigenvalue weighted by Gasteiger charge is -2.43. The van der Waals surface area contributed by atoms with Crippen LogP contribution in [0.25, 0.3) is 55.3 Å². The van der Waals surface area contributed by atoms with E-state index in [0.29, 0.717) is 0 Å². The third-order valence-electron chi connectivity index (χ3n) is 12.3. The van der Waals surface area contributed by atoms with Crippen LogP contribution in [0.4, 0.5) is 17.1 Å². The summed E-state index contributed by atoms with van der Waals surface area (Å²) in [5.74, 6) is 1.11. The minimum absolute atomic E-state index is 0.0599. The monoisotopic (exact) mass is 719 g/mol. The van der Waals surface area contributed by atoms with E-state index >= 15 is 0 Å². The highest BCUT2D eigenvalue weighted by molar-refractivity contribution is 6.21. The van der Waals surface area contributed by atoms with Crippen LogP contribution >= 0.6 is 0 Å². The van der Waals surface area contributed by atoms with Gasteiger partial charge in [-0.25, -0.2) is 0 Å². The second-order valence-corrected chi connectivity index (χ2v) is 15.2. The van der Waals surface area contributed by atoms with Crippen molar-refractivity contribution >= 4 is 66.7 Å². The van der Waals surface area contributed by atoms with Crippen LogP contribution < -0.4 is 9.80 Å². The molecule has 266 valence electrons. The highest BCUT2D eigenvalue weighted by atomic mass is 16.3. The Morgan fingerprint density at radius 1 is 0.589 bits per heavy atom. The molecular weight excluding hydrogens is 683 g/mol. The first-order chi connectivity index (χ1) is 27.8. The summed E-state index contributed by atoms with van der Waals surface area (Å²) >= 11 is 0. The highest BCUT2D eigenvalue weighted by Gasteiger charge is 2.43. The molecule has 7 aromatic carbocycles. The van der Waals surface area contributed by atoms with Gasteiger partial charge < -0.3 is 18.8 Å². The molecule has 4 nitrogen and oxygen atoms in total. The maximum absolute atomic E-state index is 6.36. The van der Waals surface area contributed by atoms with Crippen LogP contribution in [0.2, 0.25) is 0 Å². The van der Waals surface area contributed by atoms with Gasteiger partial charge in [0, 0.05) is 56.6 Å². The lowest BCUT2D eigenvalue weighted by atomic mass is 9.84. The van der Waals surface area contributed by atoms with Gasteiger partial charge in [-0.05, 0) is 89.2 Å². The van der Waals surface area contributed by atoms with Crippen molar-refractivity contribution in [2.45, 2.75) is 24.4 Å². The molecule has 3 atom stereocenters. The van der Waals surface area contributed by atoms with E-state index in [4.69, 9.17) is 4.42 Å². The topological polar surface area (TPSA) is 24.6 Å². The molecule has 4 heteroatoms. The van der Waals surface area contributed by atoms with Crippen molar-refractivity contribution in [3.63, 3.8) is 0 Å². The number of anilines is 3. The van der Waals surface area contributed by atoms with Crippen LogP contribution in [-0.2, 0) is 6.42 Å². The number of benzene rings is 7. The van der Waals surface area contributed by atoms with Gasteiger partial charge in [-0.1, -0.05) is 121 Å². The molecule has 0 bridgehead atoms. The molecule has 3 unspecified atom stereocenters. The van der Waals surface area contributed by atoms with Crippen molar-refractivity contribution in [3.05, 3.63) is 211 Å². The maximum atomic E-state index is 6.36. The predicted octanol–water partition coefficient (Wildman–Crippen LogP) is 12.9. The standard InChI is InChI=1S/C52H37N3O/c1-2-14-35(15-3-1)54-45-21-10-7-19-42(45)52-46(22-12-23-47(52)54)53(38-30-32-50-43(33-38)40-17-8-11-24-49(40)56-50)36-26-28-37(29-27-36)55-44-20-9-6-18-41(44)51-39-16-5-4-13-34(39)25-31-48(51)55/h1-32,38,46,52H,33H2. The fraction of sp³-hybridized carbons (Fsp3) is 0.0769. The molecule has 0 saturated heterocycles. The average molecular weight is 720 g/mol. The summed E-state index contributed by atoms with van der Waals surface area (Å²) in [6.07, 6.45) is 12.4. The molecule has 0 spiro atoms. The van der Waals surface area contributed by atoms with Crippen LogP contribution in [0.1, 0.15) is 22.8 Å². The summed E-state index contributed by atoms with van der Waals surface area (Å²) < 4.78 is 8.80. The molecule has 0 saturated carbocycles. The normalized spacial score (nSPS) is 18.4. The molecule has 12 rings (SSSR count). The minimum atomic E-state index is 0.0599. The Hall–Kier alpha value is -7.04. The summed E-state index contributed by atoms with van der Waals surface area (Å²) in [5.41, 5.74) is 12.1. The average Bonchev–Trinajstić information content (AvgIpc) is 3.92. The van der Waals surface area contributed by atoms with Crippen LogP contribution in [0.5, 0.6) is 0 Å². The van der Waals surface area contributed by atoms with E-state index in [-0.39, 0.29) is 18.0 Å². The quantitative estimate of drug-likeness (QED) is 0.177. The van der Waals surface area contributed by atoms with E-state index in [2.05, 4.69) is 209 Å². The van der Waals surface area contributed by atoms with E-state index < -0.39 is 0 Å². The van der Waals surface area contributed by atoms with Crippen LogP contribution in [0.15, 0.2) is 198 Å². The molecule has 3 aliphatic rings. The predicted molar refractivity (Wildman–Crippen MR) is 232 cm³/mol. The second-order valence-electron chi connectivity index (χ2n) is 15.2. The van der Waals surface area contributed by atoms with Gasteiger partial charge in [0.2, 0.25) is 0 Å². The van der Waals surface area contributed by atoms with Crippen LogP contribution in [-0.4, -0.2) is 16.7 Å². The largest absolute Gasteiger partial charge is 0.456 e. The maximum Gasteiger partial charge on any atom is 0.135 e. The highest BCUT2D eigenvalue weighted by Crippen LogP contribution is 2.52. The summed E-state index contributed by atoms with van der Waals surface area (Å²) in [6.45, 7) is 0. The van der Waals surface area contributed by atoms with E-state index in [9.17, 15) is 0 Å². The third kappa shape index (κ3) is 4.59. The van der Waals surface area contributed by atoms with Crippen molar-refractivity contribution in [2.75, 3.05) is 9.80 Å². The first kappa shape index (κ1) is 31.3. The van der Waals surface area contributed by atoms with Gasteiger partial charge in [0.15, 0.2) is 0 Å². The zero-order chi connectivity index (χ0) is 36.7. The van der Waals surface area contributed by atoms with Gasteiger partial charge >= 0.3 is 0 Å². The zero-order valence-electron chi connectivity index (χ0n) is 30.7. The number of hydrogen-bond acceptors (Lipinski definition) is 3. The Bertz CT molecular complexity index is 3090. The fourth-order valence-electron chi connectivity index (χ4n) is 9.93. The Labute approximate surface area is 325 Å². The molecule has 0 fully saturated rings. The Morgan fingerprint density at radius 3 is 2.23 bits per heavy atom. The summed E-state index contributed by atoms with van der Waals surface area (Å²) in [7, 11) is 0. The Balaban J connectivity index is 1.01. The first-order valence-corrected chi connectivity index (χ1v) is 19.6. The first-order valence-electron chi connectivity index (χ1n) is 19.6. The number of aromatic nitrogens is 1. The van der Waals surface area contributed by atoms with Crippen molar-refractivity contribution in [1.82, 2.24) is 4.57 Å². The summed E-state index contributed by atoms with van der Waals surface area (Å²) in [4.78, 5) is 5.13. The van der Waals surface area contributed by atoms with E-state index in [1.807, 2.05) is 0 Å². The number of para-hydroxylation sites is 4. The molecule has 9 aromatic rings. The van der Waals surface area contributed by atoms with Gasteiger partial charge in [-0.3, -0.25) is 0 Å². The number of allylic oxidation sites excluding steroid dienone is 2. The Morgan fingerprint density at radius 2 is 1.34 bits per heavy atom. The number of rotatable bonds is 5. The molecule has 3 heterocycles. The van der Waals surface area contributed by atoms with Crippen molar-refractivity contribution < 1.29 is 4.42 Å². The van der Waals surface area contributed by atoms with Crippen LogP contribution in [0.3, 0.4) is 0 Å². The molecule has 2 aliphatic carbocycles. The van der Waals surface area contributed by atoms with Gasteiger partial charge in [-0.2, -0.15) is 0 Å². The van der Waals surface area contributed by atoms with Gasteiger partial charge in [0.05, 0.1) is 29.0 Å². The van der Waals surface area contributed by atoms with Gasteiger partial charge in [-0.15, -0.1) is 0 Å². The molecule has 0 N–H and O–H groups in total. The van der Waals surface area contributed by atoms with E-state index in [1.165, 1.54) is 71.9 Å². The Kier molecular flexibility index (Phi) is 6.85. The number of nitrogens with zero attached hydrogens (tertiary/aromatic N) is 3. The fourth-order valence-corrected chi connectivity index (χ4v) is 9.93. The molecule has 1 aliphatic heterocycles. The zero-order valence-corrected chi connectivity index (χ0v) is 30.7.